The molecule has 88 valence electrons. The summed E-state index contributed by atoms with van der Waals surface area (Å²) in [5, 5.41) is 20.9. The van der Waals surface area contributed by atoms with Crippen molar-refractivity contribution in [1.29, 1.82) is 0 Å². The Morgan fingerprint density at radius 2 is 2.12 bits per heavy atom. The van der Waals surface area contributed by atoms with E-state index in [4.69, 9.17) is 0 Å². The lowest BCUT2D eigenvalue weighted by Crippen LogP contribution is -2.29. The Hall–Kier alpha value is -1.99. The number of aromatic hydroxyl groups is 1. The molecule has 0 radical (unpaired) electrons. The zero-order chi connectivity index (χ0) is 12.3. The van der Waals surface area contributed by atoms with Crippen molar-refractivity contribution in [3.05, 3.63) is 28.3 Å². The average Bonchev–Trinajstić information content (AvgIpc) is 2.20. The van der Waals surface area contributed by atoms with Gasteiger partial charge < -0.3 is 10.4 Å². The molecular formula is C8H7F3N2O3. The number of nitrogens with zero attached hydrogens (tertiary/aromatic N) is 1. The summed E-state index contributed by atoms with van der Waals surface area (Å²) >= 11 is 0. The lowest BCUT2D eigenvalue weighted by atomic mass is 10.2. The number of phenolic OH excluding ortho intramolecular Hbond substituents is 1. The first kappa shape index (κ1) is 12.1. The van der Waals surface area contributed by atoms with Crippen molar-refractivity contribution in [3.63, 3.8) is 0 Å². The highest BCUT2D eigenvalue weighted by molar-refractivity contribution is 5.60. The van der Waals surface area contributed by atoms with Crippen LogP contribution in [0.15, 0.2) is 18.2 Å². The van der Waals surface area contributed by atoms with E-state index < -0.39 is 34.8 Å². The van der Waals surface area contributed by atoms with E-state index in [-0.39, 0.29) is 0 Å². The van der Waals surface area contributed by atoms with E-state index in [1.165, 1.54) is 5.32 Å². The highest BCUT2D eigenvalue weighted by atomic mass is 19.3. The third kappa shape index (κ3) is 2.75. The van der Waals surface area contributed by atoms with Gasteiger partial charge in [-0.2, -0.15) is 8.78 Å². The summed E-state index contributed by atoms with van der Waals surface area (Å²) in [6, 6.07) is -1.35. The van der Waals surface area contributed by atoms with Gasteiger partial charge in [-0.05, 0) is 6.07 Å². The van der Waals surface area contributed by atoms with E-state index in [1.54, 1.807) is 0 Å². The number of non-ortho nitro benzene ring substituents is 1. The molecule has 0 heterocycles. The summed E-state index contributed by atoms with van der Waals surface area (Å²) in [4.78, 5) is 9.48. The minimum Gasteiger partial charge on any atom is -0.506 e. The number of hydrogen-bond acceptors (Lipinski definition) is 4. The van der Waals surface area contributed by atoms with Gasteiger partial charge in [0.1, 0.15) is 5.75 Å². The van der Waals surface area contributed by atoms with Gasteiger partial charge in [-0.15, -0.1) is 0 Å². The third-order valence-corrected chi connectivity index (χ3v) is 1.68. The molecule has 0 spiro atoms. The first-order valence-electron chi connectivity index (χ1n) is 4.05. The molecule has 1 aromatic carbocycles. The molecule has 1 aromatic rings. The van der Waals surface area contributed by atoms with Crippen molar-refractivity contribution < 1.29 is 23.2 Å². The third-order valence-electron chi connectivity index (χ3n) is 1.68. The van der Waals surface area contributed by atoms with Crippen LogP contribution in [-0.2, 0) is 0 Å². The van der Waals surface area contributed by atoms with E-state index in [1.807, 2.05) is 0 Å². The lowest BCUT2D eigenvalue weighted by Gasteiger charge is -2.15. The Morgan fingerprint density at radius 1 is 1.50 bits per heavy atom. The molecule has 0 amide bonds. The molecule has 8 heteroatoms. The molecule has 0 aliphatic carbocycles. The first-order chi connectivity index (χ1) is 7.35. The molecule has 0 saturated carbocycles. The van der Waals surface area contributed by atoms with Crippen molar-refractivity contribution in [1.82, 2.24) is 0 Å². The second kappa shape index (κ2) is 4.25. The Morgan fingerprint density at radius 3 is 2.56 bits per heavy atom. The number of hydrogen-bond donors (Lipinski definition) is 2. The number of phenols is 1. The number of benzene rings is 1. The molecule has 0 aliphatic rings. The average molecular weight is 236 g/mol. The van der Waals surface area contributed by atoms with Gasteiger partial charge in [-0.3, -0.25) is 10.1 Å². The van der Waals surface area contributed by atoms with E-state index in [0.29, 0.717) is 6.07 Å². The molecule has 0 aliphatic heterocycles. The van der Waals surface area contributed by atoms with E-state index >= 15 is 0 Å². The maximum atomic E-state index is 12.5. The van der Waals surface area contributed by atoms with Crippen LogP contribution in [0.1, 0.15) is 0 Å². The molecule has 0 unspecified atom stereocenters. The summed E-state index contributed by atoms with van der Waals surface area (Å²) in [6.07, 6.45) is 0. The second-order valence-electron chi connectivity index (χ2n) is 2.92. The number of nitro groups is 1. The van der Waals surface area contributed by atoms with Crippen LogP contribution in [0.25, 0.3) is 0 Å². The molecule has 0 atom stereocenters. The zero-order valence-corrected chi connectivity index (χ0v) is 7.78. The van der Waals surface area contributed by atoms with Crippen LogP contribution in [0, 0.1) is 10.1 Å². The summed E-state index contributed by atoms with van der Waals surface area (Å²) in [6.45, 7) is -1.95. The Kier molecular flexibility index (Phi) is 3.21. The number of anilines is 1. The van der Waals surface area contributed by atoms with E-state index in [9.17, 15) is 28.4 Å². The molecule has 0 bridgehead atoms. The summed E-state index contributed by atoms with van der Waals surface area (Å²) < 4.78 is 36.9. The standard InChI is InChI=1S/C8H7F3N2O3/c9-4-8(10,11)12-6-2-1-5(13(15)16)3-7(6)14/h1-3,12,14H,4H2. The first-order valence-corrected chi connectivity index (χ1v) is 4.05. The molecule has 2 N–H and O–H groups in total. The molecule has 16 heavy (non-hydrogen) atoms. The number of alkyl halides is 3. The second-order valence-corrected chi connectivity index (χ2v) is 2.92. The van der Waals surface area contributed by atoms with E-state index in [2.05, 4.69) is 0 Å². The fraction of sp³-hybridized carbons (Fsp3) is 0.250. The number of rotatable bonds is 4. The summed E-state index contributed by atoms with van der Waals surface area (Å²) in [7, 11) is 0. The largest absolute Gasteiger partial charge is 0.506 e. The Labute approximate surface area is 87.7 Å². The maximum absolute atomic E-state index is 12.5. The quantitative estimate of drug-likeness (QED) is 0.364. The number of nitro benzene ring substituents is 1. The molecular weight excluding hydrogens is 229 g/mol. The molecule has 1 rings (SSSR count). The van der Waals surface area contributed by atoms with Gasteiger partial charge in [0.25, 0.3) is 5.69 Å². The van der Waals surface area contributed by atoms with Gasteiger partial charge >= 0.3 is 6.05 Å². The fourth-order valence-electron chi connectivity index (χ4n) is 0.970. The number of nitrogens with one attached hydrogen (secondary N) is 1. The Bertz CT molecular complexity index is 412. The van der Waals surface area contributed by atoms with Gasteiger partial charge in [-0.1, -0.05) is 0 Å². The SMILES string of the molecule is O=[N+]([O-])c1ccc(NC(F)(F)CF)c(O)c1. The predicted molar refractivity (Wildman–Crippen MR) is 49.3 cm³/mol. The van der Waals surface area contributed by atoms with Gasteiger partial charge in [-0.25, -0.2) is 4.39 Å². The van der Waals surface area contributed by atoms with Crippen molar-refractivity contribution in [2.24, 2.45) is 0 Å². The van der Waals surface area contributed by atoms with Crippen LogP contribution in [0.5, 0.6) is 5.75 Å². The lowest BCUT2D eigenvalue weighted by molar-refractivity contribution is -0.384. The Balaban J connectivity index is 2.96. The van der Waals surface area contributed by atoms with Crippen LogP contribution in [0.4, 0.5) is 24.5 Å². The minimum absolute atomic E-state index is 0.452. The van der Waals surface area contributed by atoms with Gasteiger partial charge in [0.15, 0.2) is 6.67 Å². The molecule has 0 saturated heterocycles. The van der Waals surface area contributed by atoms with Crippen LogP contribution in [-0.4, -0.2) is 22.8 Å². The minimum atomic E-state index is -3.83. The molecule has 0 fully saturated rings. The maximum Gasteiger partial charge on any atom is 0.351 e. The number of halogens is 3. The monoisotopic (exact) mass is 236 g/mol. The van der Waals surface area contributed by atoms with Crippen molar-refractivity contribution >= 4 is 11.4 Å². The fourth-order valence-corrected chi connectivity index (χ4v) is 0.970. The molecule has 0 aromatic heterocycles. The smallest absolute Gasteiger partial charge is 0.351 e. The van der Waals surface area contributed by atoms with Crippen molar-refractivity contribution in [3.8, 4) is 5.75 Å². The summed E-state index contributed by atoms with van der Waals surface area (Å²) in [5.74, 6) is -0.748. The topological polar surface area (TPSA) is 75.4 Å². The van der Waals surface area contributed by atoms with Gasteiger partial charge in [0.05, 0.1) is 16.7 Å². The van der Waals surface area contributed by atoms with Crippen LogP contribution in [0.2, 0.25) is 0 Å². The van der Waals surface area contributed by atoms with E-state index in [0.717, 1.165) is 12.1 Å². The predicted octanol–water partition coefficient (Wildman–Crippen LogP) is 2.27. The normalized spacial score (nSPS) is 11.2. The highest BCUT2D eigenvalue weighted by Gasteiger charge is 2.29. The summed E-state index contributed by atoms with van der Waals surface area (Å²) in [5.41, 5.74) is -0.931. The zero-order valence-electron chi connectivity index (χ0n) is 7.78. The van der Waals surface area contributed by atoms with Crippen LogP contribution in [0.3, 0.4) is 0 Å². The van der Waals surface area contributed by atoms with Crippen LogP contribution < -0.4 is 5.32 Å². The molecule has 5 nitrogen and oxygen atoms in total. The van der Waals surface area contributed by atoms with Crippen molar-refractivity contribution in [2.75, 3.05) is 12.0 Å². The highest BCUT2D eigenvalue weighted by Crippen LogP contribution is 2.31. The van der Waals surface area contributed by atoms with Crippen LogP contribution >= 0.6 is 0 Å². The van der Waals surface area contributed by atoms with Gasteiger partial charge in [0, 0.05) is 6.07 Å². The van der Waals surface area contributed by atoms with Gasteiger partial charge in [0.2, 0.25) is 0 Å². The van der Waals surface area contributed by atoms with Crippen molar-refractivity contribution in [2.45, 2.75) is 6.05 Å².